The summed E-state index contributed by atoms with van der Waals surface area (Å²) in [4.78, 5) is 25.1. The van der Waals surface area contributed by atoms with Crippen LogP contribution in [0, 0.1) is 11.3 Å². The standard InChI is InChI=1S/C19H29NO2/c1-12(2)17(21)16-10-14(11-20-13(3)4)8-9-15(16)18(22)19(5,6)7/h8-10,12-13,20H,11H2,1-7H3. The largest absolute Gasteiger partial charge is 0.310 e. The molecule has 0 saturated carbocycles. The van der Waals surface area contributed by atoms with E-state index in [4.69, 9.17) is 0 Å². The van der Waals surface area contributed by atoms with Gasteiger partial charge in [0.05, 0.1) is 0 Å². The molecule has 0 aliphatic rings. The molecule has 0 aliphatic carbocycles. The van der Waals surface area contributed by atoms with Crippen LogP contribution in [0.4, 0.5) is 0 Å². The summed E-state index contributed by atoms with van der Waals surface area (Å²) in [6, 6.07) is 5.99. The molecule has 0 unspecified atom stereocenters. The maximum absolute atomic E-state index is 12.6. The van der Waals surface area contributed by atoms with E-state index < -0.39 is 5.41 Å². The third kappa shape index (κ3) is 4.77. The summed E-state index contributed by atoms with van der Waals surface area (Å²) in [5.74, 6) is -0.0845. The Hall–Kier alpha value is -1.48. The van der Waals surface area contributed by atoms with Crippen LogP contribution in [0.2, 0.25) is 0 Å². The van der Waals surface area contributed by atoms with Gasteiger partial charge in [0.1, 0.15) is 0 Å². The summed E-state index contributed by atoms with van der Waals surface area (Å²) in [5, 5.41) is 3.34. The Morgan fingerprint density at radius 3 is 2.09 bits per heavy atom. The number of hydrogen-bond donors (Lipinski definition) is 1. The van der Waals surface area contributed by atoms with Crippen LogP contribution in [0.5, 0.6) is 0 Å². The highest BCUT2D eigenvalue weighted by Gasteiger charge is 2.27. The van der Waals surface area contributed by atoms with Crippen LogP contribution in [0.3, 0.4) is 0 Å². The fourth-order valence-electron chi connectivity index (χ4n) is 2.14. The molecule has 0 spiro atoms. The number of carbonyl (C=O) groups excluding carboxylic acids is 2. The van der Waals surface area contributed by atoms with Gasteiger partial charge in [-0.25, -0.2) is 0 Å². The zero-order chi connectivity index (χ0) is 17.1. The molecule has 0 atom stereocenters. The molecular weight excluding hydrogens is 274 g/mol. The van der Waals surface area contributed by atoms with Crippen LogP contribution in [0.25, 0.3) is 0 Å². The lowest BCUT2D eigenvalue weighted by atomic mass is 9.82. The second-order valence-electron chi connectivity index (χ2n) is 7.51. The first-order valence-corrected chi connectivity index (χ1v) is 7.99. The summed E-state index contributed by atoms with van der Waals surface area (Å²) in [7, 11) is 0. The van der Waals surface area contributed by atoms with Gasteiger partial charge in [-0.05, 0) is 11.6 Å². The number of rotatable bonds is 6. The first-order chi connectivity index (χ1) is 10.0. The van der Waals surface area contributed by atoms with Crippen LogP contribution in [-0.2, 0) is 6.54 Å². The fraction of sp³-hybridized carbons (Fsp3) is 0.579. The number of benzene rings is 1. The molecule has 1 N–H and O–H groups in total. The van der Waals surface area contributed by atoms with Gasteiger partial charge in [-0.1, -0.05) is 60.6 Å². The molecule has 1 aromatic rings. The lowest BCUT2D eigenvalue weighted by Gasteiger charge is -2.20. The van der Waals surface area contributed by atoms with Crippen molar-refractivity contribution in [3.63, 3.8) is 0 Å². The molecular formula is C19H29NO2. The summed E-state index contributed by atoms with van der Waals surface area (Å²) >= 11 is 0. The van der Waals surface area contributed by atoms with Crippen molar-refractivity contribution in [2.45, 2.75) is 61.1 Å². The van der Waals surface area contributed by atoms with Gasteiger partial charge < -0.3 is 5.32 Å². The van der Waals surface area contributed by atoms with Crippen LogP contribution in [0.1, 0.15) is 74.7 Å². The monoisotopic (exact) mass is 303 g/mol. The lowest BCUT2D eigenvalue weighted by molar-refractivity contribution is 0.0846. The molecule has 0 amide bonds. The summed E-state index contributed by atoms with van der Waals surface area (Å²) in [6.07, 6.45) is 0. The Kier molecular flexibility index (Phi) is 6.07. The minimum atomic E-state index is -0.496. The highest BCUT2D eigenvalue weighted by molar-refractivity contribution is 6.11. The van der Waals surface area contributed by atoms with E-state index in [-0.39, 0.29) is 17.5 Å². The van der Waals surface area contributed by atoms with Gasteiger partial charge in [0.2, 0.25) is 0 Å². The van der Waals surface area contributed by atoms with E-state index in [9.17, 15) is 9.59 Å². The van der Waals surface area contributed by atoms with Crippen LogP contribution in [-0.4, -0.2) is 17.6 Å². The second-order valence-corrected chi connectivity index (χ2v) is 7.51. The molecule has 0 fully saturated rings. The molecule has 0 radical (unpaired) electrons. The van der Waals surface area contributed by atoms with E-state index in [1.54, 1.807) is 6.07 Å². The Balaban J connectivity index is 3.27. The molecule has 3 nitrogen and oxygen atoms in total. The van der Waals surface area contributed by atoms with E-state index in [1.807, 2.05) is 46.8 Å². The summed E-state index contributed by atoms with van der Waals surface area (Å²) in [5.41, 5.74) is 1.63. The average Bonchev–Trinajstić information content (AvgIpc) is 2.42. The molecule has 0 aromatic heterocycles. The molecule has 3 heteroatoms. The smallest absolute Gasteiger partial charge is 0.168 e. The quantitative estimate of drug-likeness (QED) is 0.799. The lowest BCUT2D eigenvalue weighted by Crippen LogP contribution is -2.25. The van der Waals surface area contributed by atoms with Crippen molar-refractivity contribution < 1.29 is 9.59 Å². The zero-order valence-electron chi connectivity index (χ0n) is 14.9. The Morgan fingerprint density at radius 1 is 1.05 bits per heavy atom. The van der Waals surface area contributed by atoms with Crippen molar-refractivity contribution in [1.82, 2.24) is 5.32 Å². The van der Waals surface area contributed by atoms with Crippen molar-refractivity contribution in [3.05, 3.63) is 34.9 Å². The summed E-state index contributed by atoms with van der Waals surface area (Å²) in [6.45, 7) is 14.2. The summed E-state index contributed by atoms with van der Waals surface area (Å²) < 4.78 is 0. The predicted molar refractivity (Wildman–Crippen MR) is 91.4 cm³/mol. The van der Waals surface area contributed by atoms with Gasteiger partial charge in [-0.3, -0.25) is 9.59 Å². The predicted octanol–water partition coefficient (Wildman–Crippen LogP) is 4.25. The SMILES string of the molecule is CC(C)NCc1ccc(C(=O)C(C)(C)C)c(C(=O)C(C)C)c1. The molecule has 0 aliphatic heterocycles. The van der Waals surface area contributed by atoms with Crippen molar-refractivity contribution in [1.29, 1.82) is 0 Å². The molecule has 0 saturated heterocycles. The van der Waals surface area contributed by atoms with Gasteiger partial charge >= 0.3 is 0 Å². The van der Waals surface area contributed by atoms with E-state index in [0.717, 1.165) is 5.56 Å². The van der Waals surface area contributed by atoms with Crippen molar-refractivity contribution in [2.24, 2.45) is 11.3 Å². The zero-order valence-corrected chi connectivity index (χ0v) is 14.9. The van der Waals surface area contributed by atoms with Crippen LogP contribution in [0.15, 0.2) is 18.2 Å². The number of nitrogens with one attached hydrogen (secondary N) is 1. The Bertz CT molecular complexity index is 551. The maximum Gasteiger partial charge on any atom is 0.168 e. The first-order valence-electron chi connectivity index (χ1n) is 7.99. The minimum Gasteiger partial charge on any atom is -0.310 e. The van der Waals surface area contributed by atoms with Crippen molar-refractivity contribution in [2.75, 3.05) is 0 Å². The minimum absolute atomic E-state index is 0.0138. The van der Waals surface area contributed by atoms with Gasteiger partial charge in [0.15, 0.2) is 11.6 Å². The molecule has 0 heterocycles. The topological polar surface area (TPSA) is 46.2 Å². The third-order valence-electron chi connectivity index (χ3n) is 3.51. The number of hydrogen-bond acceptors (Lipinski definition) is 3. The van der Waals surface area contributed by atoms with Crippen LogP contribution < -0.4 is 5.32 Å². The van der Waals surface area contributed by atoms with E-state index in [1.165, 1.54) is 0 Å². The molecule has 122 valence electrons. The number of carbonyl (C=O) groups is 2. The Labute approximate surface area is 134 Å². The van der Waals surface area contributed by atoms with E-state index >= 15 is 0 Å². The molecule has 22 heavy (non-hydrogen) atoms. The van der Waals surface area contributed by atoms with E-state index in [0.29, 0.717) is 23.7 Å². The molecule has 1 aromatic carbocycles. The normalized spacial score (nSPS) is 12.0. The number of Topliss-reactive ketones (excluding diaryl/α,β-unsaturated/α-hetero) is 2. The Morgan fingerprint density at radius 2 is 1.64 bits per heavy atom. The fourth-order valence-corrected chi connectivity index (χ4v) is 2.14. The first kappa shape index (κ1) is 18.6. The average molecular weight is 303 g/mol. The second kappa shape index (κ2) is 7.19. The van der Waals surface area contributed by atoms with Crippen molar-refractivity contribution in [3.8, 4) is 0 Å². The highest BCUT2D eigenvalue weighted by Crippen LogP contribution is 2.25. The van der Waals surface area contributed by atoms with Crippen molar-refractivity contribution >= 4 is 11.6 Å². The van der Waals surface area contributed by atoms with Gasteiger partial charge in [-0.15, -0.1) is 0 Å². The van der Waals surface area contributed by atoms with Crippen LogP contribution >= 0.6 is 0 Å². The maximum atomic E-state index is 12.6. The molecule has 0 bridgehead atoms. The van der Waals surface area contributed by atoms with Gasteiger partial charge in [-0.2, -0.15) is 0 Å². The van der Waals surface area contributed by atoms with Gasteiger partial charge in [0, 0.05) is 35.0 Å². The van der Waals surface area contributed by atoms with E-state index in [2.05, 4.69) is 19.2 Å². The third-order valence-corrected chi connectivity index (χ3v) is 3.51. The highest BCUT2D eigenvalue weighted by atomic mass is 16.1. The number of ketones is 2. The van der Waals surface area contributed by atoms with Gasteiger partial charge in [0.25, 0.3) is 0 Å². The molecule has 1 rings (SSSR count).